The number of methoxy groups -OCH3 is 1. The summed E-state index contributed by atoms with van der Waals surface area (Å²) in [5, 5.41) is 0. The number of piperazine rings is 1. The number of hydrogen-bond donors (Lipinski definition) is 0. The fourth-order valence-electron chi connectivity index (χ4n) is 5.80. The summed E-state index contributed by atoms with van der Waals surface area (Å²) in [6, 6.07) is 18.5. The molecule has 190 valence electrons. The van der Waals surface area contributed by atoms with Gasteiger partial charge in [0.1, 0.15) is 22.8 Å². The summed E-state index contributed by atoms with van der Waals surface area (Å²) >= 11 is 0. The summed E-state index contributed by atoms with van der Waals surface area (Å²) in [5.41, 5.74) is 7.51. The van der Waals surface area contributed by atoms with E-state index in [0.717, 1.165) is 43.4 Å². The minimum Gasteiger partial charge on any atom is -0.497 e. The third-order valence-corrected chi connectivity index (χ3v) is 8.01. The van der Waals surface area contributed by atoms with Crippen LogP contribution in [0.3, 0.4) is 0 Å². The monoisotopic (exact) mass is 486 g/mol. The lowest BCUT2D eigenvalue weighted by Crippen LogP contribution is -2.47. The van der Waals surface area contributed by atoms with Crippen LogP contribution in [0.2, 0.25) is 0 Å². The van der Waals surface area contributed by atoms with Crippen molar-refractivity contribution in [3.05, 3.63) is 76.9 Å². The summed E-state index contributed by atoms with van der Waals surface area (Å²) < 4.78 is 18.2. The molecule has 0 radical (unpaired) electrons. The molecule has 2 aliphatic heterocycles. The molecule has 2 heterocycles. The molecule has 3 aromatic rings. The Balaban J connectivity index is 1.40. The van der Waals surface area contributed by atoms with E-state index in [0.29, 0.717) is 6.61 Å². The Bertz CT molecular complexity index is 1210. The predicted octanol–water partition coefficient (Wildman–Crippen LogP) is 6.28. The topological polar surface area (TPSA) is 34.2 Å². The van der Waals surface area contributed by atoms with Gasteiger partial charge in [-0.2, -0.15) is 0 Å². The molecule has 5 rings (SSSR count). The highest BCUT2D eigenvalue weighted by atomic mass is 16.5. The lowest BCUT2D eigenvalue weighted by atomic mass is 9.83. The van der Waals surface area contributed by atoms with Crippen LogP contribution in [0, 0.1) is 20.8 Å². The molecule has 0 aliphatic carbocycles. The number of anilines is 2. The van der Waals surface area contributed by atoms with Crippen molar-refractivity contribution in [2.45, 2.75) is 46.1 Å². The van der Waals surface area contributed by atoms with Crippen LogP contribution in [0.4, 0.5) is 11.4 Å². The molecule has 1 atom stereocenters. The Kier molecular flexibility index (Phi) is 6.50. The van der Waals surface area contributed by atoms with Crippen LogP contribution in [0.5, 0.6) is 17.2 Å². The second-order valence-corrected chi connectivity index (χ2v) is 10.5. The van der Waals surface area contributed by atoms with Gasteiger partial charge in [-0.05, 0) is 87.7 Å². The van der Waals surface area contributed by atoms with Crippen LogP contribution in [0.15, 0.2) is 54.6 Å². The second-order valence-electron chi connectivity index (χ2n) is 10.5. The molecule has 1 saturated heterocycles. The quantitative estimate of drug-likeness (QED) is 0.410. The van der Waals surface area contributed by atoms with Crippen molar-refractivity contribution >= 4 is 11.4 Å². The number of fused-ring (bicyclic) bond motifs is 1. The summed E-state index contributed by atoms with van der Waals surface area (Å²) in [5.74, 6) is 3.01. The van der Waals surface area contributed by atoms with Crippen molar-refractivity contribution in [1.82, 2.24) is 0 Å². The zero-order valence-corrected chi connectivity index (χ0v) is 22.4. The Morgan fingerprint density at radius 1 is 0.806 bits per heavy atom. The van der Waals surface area contributed by atoms with Crippen molar-refractivity contribution in [1.29, 1.82) is 0 Å². The zero-order chi connectivity index (χ0) is 25.4. The first-order valence-electron chi connectivity index (χ1n) is 12.9. The average molecular weight is 487 g/mol. The van der Waals surface area contributed by atoms with Crippen LogP contribution in [0.25, 0.3) is 0 Å². The van der Waals surface area contributed by atoms with Gasteiger partial charge in [0.15, 0.2) is 0 Å². The number of nitrogens with zero attached hydrogens (tertiary/aromatic N) is 2. The summed E-state index contributed by atoms with van der Waals surface area (Å²) in [6.45, 7) is 15.7. The molecule has 2 aliphatic rings. The van der Waals surface area contributed by atoms with E-state index >= 15 is 0 Å². The Hall–Kier alpha value is -3.34. The van der Waals surface area contributed by atoms with Gasteiger partial charge in [-0.1, -0.05) is 18.2 Å². The van der Waals surface area contributed by atoms with Crippen molar-refractivity contribution in [3.8, 4) is 17.2 Å². The predicted molar refractivity (Wildman–Crippen MR) is 147 cm³/mol. The Labute approximate surface area is 215 Å². The second kappa shape index (κ2) is 9.61. The molecule has 0 amide bonds. The Morgan fingerprint density at radius 2 is 1.44 bits per heavy atom. The minimum atomic E-state index is -0.329. The van der Waals surface area contributed by atoms with Crippen molar-refractivity contribution in [2.24, 2.45) is 0 Å². The molecule has 0 saturated carbocycles. The number of para-hydroxylation sites is 1. The number of hydrogen-bond acceptors (Lipinski definition) is 5. The molecule has 0 spiro atoms. The Morgan fingerprint density at radius 3 is 2.08 bits per heavy atom. The molecule has 3 aromatic carbocycles. The van der Waals surface area contributed by atoms with E-state index in [1.54, 1.807) is 7.11 Å². The van der Waals surface area contributed by atoms with Gasteiger partial charge in [0.25, 0.3) is 0 Å². The fraction of sp³-hybridized carbons (Fsp3) is 0.419. The lowest BCUT2D eigenvalue weighted by molar-refractivity contribution is 0.0862. The summed E-state index contributed by atoms with van der Waals surface area (Å²) in [4.78, 5) is 5.03. The summed E-state index contributed by atoms with van der Waals surface area (Å²) in [7, 11) is 1.71. The smallest absolute Gasteiger partial charge is 0.127 e. The van der Waals surface area contributed by atoms with Gasteiger partial charge in [-0.15, -0.1) is 0 Å². The van der Waals surface area contributed by atoms with Crippen LogP contribution in [-0.4, -0.2) is 45.5 Å². The van der Waals surface area contributed by atoms with Crippen LogP contribution in [-0.2, 0) is 0 Å². The molecular formula is C31H38N2O3. The van der Waals surface area contributed by atoms with Gasteiger partial charge < -0.3 is 24.0 Å². The third-order valence-electron chi connectivity index (χ3n) is 8.01. The highest BCUT2D eigenvalue weighted by Crippen LogP contribution is 2.52. The van der Waals surface area contributed by atoms with Crippen molar-refractivity contribution < 1.29 is 14.2 Å². The third kappa shape index (κ3) is 4.36. The van der Waals surface area contributed by atoms with E-state index in [2.05, 4.69) is 56.6 Å². The lowest BCUT2D eigenvalue weighted by Gasteiger charge is -2.39. The van der Waals surface area contributed by atoms with Crippen LogP contribution in [0.1, 0.15) is 42.0 Å². The van der Waals surface area contributed by atoms with E-state index in [-0.39, 0.29) is 11.5 Å². The molecule has 0 aromatic heterocycles. The molecule has 5 nitrogen and oxygen atoms in total. The molecule has 36 heavy (non-hydrogen) atoms. The van der Waals surface area contributed by atoms with Gasteiger partial charge in [0.05, 0.1) is 19.6 Å². The first kappa shape index (κ1) is 24.4. The molecule has 0 bridgehead atoms. The maximum Gasteiger partial charge on any atom is 0.127 e. The van der Waals surface area contributed by atoms with E-state index < -0.39 is 0 Å². The standard InChI is InChI=1S/C31H38N2O3/c1-21-22(2)30-28(27(31(4,5)36-30)20-35-26-10-8-7-9-11-26)23(3)29(21)33-18-16-32(17-19-33)24-12-14-25(34-6)15-13-24/h7-15,27H,16-20H2,1-6H3. The highest BCUT2D eigenvalue weighted by molar-refractivity contribution is 5.71. The van der Waals surface area contributed by atoms with Crippen molar-refractivity contribution in [2.75, 3.05) is 49.7 Å². The number of benzene rings is 3. The van der Waals surface area contributed by atoms with Crippen molar-refractivity contribution in [3.63, 3.8) is 0 Å². The maximum absolute atomic E-state index is 6.61. The molecule has 0 N–H and O–H groups in total. The zero-order valence-electron chi connectivity index (χ0n) is 22.4. The molecule has 1 unspecified atom stereocenters. The van der Waals surface area contributed by atoms with E-state index in [9.17, 15) is 0 Å². The van der Waals surface area contributed by atoms with Crippen LogP contribution >= 0.6 is 0 Å². The van der Waals surface area contributed by atoms with Gasteiger partial charge in [0, 0.05) is 43.1 Å². The van der Waals surface area contributed by atoms with Gasteiger partial charge in [0.2, 0.25) is 0 Å². The van der Waals surface area contributed by atoms with E-state index in [4.69, 9.17) is 14.2 Å². The highest BCUT2D eigenvalue weighted by Gasteiger charge is 2.45. The normalized spacial score (nSPS) is 18.6. The summed E-state index contributed by atoms with van der Waals surface area (Å²) in [6.07, 6.45) is 0. The number of rotatable bonds is 6. The first-order chi connectivity index (χ1) is 17.3. The van der Waals surface area contributed by atoms with Gasteiger partial charge in [-0.3, -0.25) is 0 Å². The van der Waals surface area contributed by atoms with Gasteiger partial charge >= 0.3 is 0 Å². The van der Waals surface area contributed by atoms with Crippen LogP contribution < -0.4 is 24.0 Å². The van der Waals surface area contributed by atoms with E-state index in [1.807, 2.05) is 42.5 Å². The van der Waals surface area contributed by atoms with Gasteiger partial charge in [-0.25, -0.2) is 0 Å². The molecular weight excluding hydrogens is 448 g/mol. The van der Waals surface area contributed by atoms with E-state index in [1.165, 1.54) is 33.6 Å². The molecule has 1 fully saturated rings. The maximum atomic E-state index is 6.61. The molecule has 5 heteroatoms. The fourth-order valence-corrected chi connectivity index (χ4v) is 5.80. The SMILES string of the molecule is COc1ccc(N2CCN(c3c(C)c(C)c4c(c3C)C(COc3ccccc3)C(C)(C)O4)CC2)cc1. The number of ether oxygens (including phenoxy) is 3. The first-order valence-corrected chi connectivity index (χ1v) is 12.9. The average Bonchev–Trinajstić information content (AvgIpc) is 3.17. The largest absolute Gasteiger partial charge is 0.497 e. The minimum absolute atomic E-state index is 0.159.